The molecule has 5 heteroatoms. The van der Waals surface area contributed by atoms with E-state index in [1.807, 2.05) is 20.8 Å². The number of hydrogen-bond donors (Lipinski definition) is 2. The summed E-state index contributed by atoms with van der Waals surface area (Å²) in [6, 6.07) is 8.05. The number of aromatic nitrogens is 2. The second-order valence-electron chi connectivity index (χ2n) is 5.76. The normalized spacial score (nSPS) is 11.8. The molecule has 0 radical (unpaired) electrons. The molecule has 4 nitrogen and oxygen atoms in total. The van der Waals surface area contributed by atoms with Gasteiger partial charge >= 0.3 is 0 Å². The molecule has 0 spiro atoms. The Kier molecular flexibility index (Phi) is 4.21. The van der Waals surface area contributed by atoms with Crippen molar-refractivity contribution in [2.75, 3.05) is 5.32 Å². The zero-order chi connectivity index (χ0) is 15.5. The fraction of sp³-hybridized carbons (Fsp3) is 0.250. The van der Waals surface area contributed by atoms with Crippen LogP contribution in [0.5, 0.6) is 0 Å². The van der Waals surface area contributed by atoms with Gasteiger partial charge in [0.1, 0.15) is 5.82 Å². The summed E-state index contributed by atoms with van der Waals surface area (Å²) in [5, 5.41) is 9.55. The summed E-state index contributed by atoms with van der Waals surface area (Å²) in [6.45, 7) is 6.14. The maximum absolute atomic E-state index is 13.4. The Hall–Kier alpha value is -2.43. The summed E-state index contributed by atoms with van der Waals surface area (Å²) in [4.78, 5) is 11.8. The van der Waals surface area contributed by atoms with E-state index >= 15 is 0 Å². The monoisotopic (exact) mass is 287 g/mol. The first kappa shape index (κ1) is 15.0. The highest BCUT2D eigenvalue weighted by atomic mass is 19.1. The summed E-state index contributed by atoms with van der Waals surface area (Å²) in [5.74, 6) is -0.273. The van der Waals surface area contributed by atoms with Gasteiger partial charge in [-0.2, -0.15) is 5.10 Å². The topological polar surface area (TPSA) is 57.8 Å². The maximum atomic E-state index is 13.4. The molecule has 1 heterocycles. The van der Waals surface area contributed by atoms with Crippen LogP contribution in [0.3, 0.4) is 0 Å². The predicted octanol–water partition coefficient (Wildman–Crippen LogP) is 3.50. The largest absolute Gasteiger partial charge is 0.306 e. The number of benzene rings is 1. The van der Waals surface area contributed by atoms with E-state index in [1.54, 1.807) is 24.3 Å². The molecule has 0 aliphatic carbocycles. The Morgan fingerprint density at radius 3 is 2.67 bits per heavy atom. The second kappa shape index (κ2) is 5.91. The number of rotatable bonds is 3. The number of halogens is 1. The lowest BCUT2D eigenvalue weighted by molar-refractivity contribution is -0.111. The molecule has 0 atom stereocenters. The molecule has 2 aromatic rings. The van der Waals surface area contributed by atoms with Gasteiger partial charge in [0.15, 0.2) is 5.82 Å². The minimum atomic E-state index is -0.365. The highest BCUT2D eigenvalue weighted by Gasteiger charge is 2.16. The summed E-state index contributed by atoms with van der Waals surface area (Å²) in [5.41, 5.74) is 1.22. The predicted molar refractivity (Wildman–Crippen MR) is 81.4 cm³/mol. The summed E-state index contributed by atoms with van der Waals surface area (Å²) in [6.07, 6.45) is 2.71. The van der Waals surface area contributed by atoms with E-state index in [0.717, 1.165) is 5.69 Å². The molecule has 110 valence electrons. The van der Waals surface area contributed by atoms with Crippen molar-refractivity contribution in [3.63, 3.8) is 0 Å². The summed E-state index contributed by atoms with van der Waals surface area (Å²) in [7, 11) is 0. The van der Waals surface area contributed by atoms with Crippen molar-refractivity contribution in [3.05, 3.63) is 53.5 Å². The molecule has 0 fully saturated rings. The second-order valence-corrected chi connectivity index (χ2v) is 5.76. The molecule has 0 aliphatic rings. The van der Waals surface area contributed by atoms with Gasteiger partial charge in [-0.15, -0.1) is 0 Å². The Labute approximate surface area is 123 Å². The van der Waals surface area contributed by atoms with Gasteiger partial charge in [0.05, 0.1) is 0 Å². The zero-order valence-corrected chi connectivity index (χ0v) is 12.3. The van der Waals surface area contributed by atoms with Gasteiger partial charge < -0.3 is 5.32 Å². The third-order valence-corrected chi connectivity index (χ3v) is 2.96. The van der Waals surface area contributed by atoms with Gasteiger partial charge in [0.2, 0.25) is 5.91 Å². The molecule has 0 unspecified atom stereocenters. The third kappa shape index (κ3) is 4.02. The lowest BCUT2D eigenvalue weighted by Crippen LogP contribution is -2.11. The van der Waals surface area contributed by atoms with Crippen molar-refractivity contribution in [1.82, 2.24) is 10.2 Å². The Balaban J connectivity index is 2.02. The van der Waals surface area contributed by atoms with Crippen LogP contribution in [0.2, 0.25) is 0 Å². The zero-order valence-electron chi connectivity index (χ0n) is 12.3. The molecule has 2 N–H and O–H groups in total. The van der Waals surface area contributed by atoms with Crippen molar-refractivity contribution >= 4 is 17.8 Å². The number of H-pyrrole nitrogens is 1. The van der Waals surface area contributed by atoms with Crippen molar-refractivity contribution in [1.29, 1.82) is 0 Å². The number of nitrogens with one attached hydrogen (secondary N) is 2. The van der Waals surface area contributed by atoms with Crippen LogP contribution in [0.4, 0.5) is 10.2 Å². The number of aromatic amines is 1. The highest BCUT2D eigenvalue weighted by Crippen LogP contribution is 2.21. The summed E-state index contributed by atoms with van der Waals surface area (Å²) < 4.78 is 13.4. The number of amides is 1. The van der Waals surface area contributed by atoms with Crippen LogP contribution < -0.4 is 5.32 Å². The molecular formula is C16H18FN3O. The highest BCUT2D eigenvalue weighted by molar-refractivity contribution is 6.01. The standard InChI is InChI=1S/C16H18FN3O/c1-16(2,3)13-10-14(20-19-13)18-15(21)9-8-11-6-4-5-7-12(11)17/h4-10H,1-3H3,(H2,18,19,20,21)/b9-8+. The van der Waals surface area contributed by atoms with E-state index in [9.17, 15) is 9.18 Å². The number of carbonyl (C=O) groups is 1. The number of hydrogen-bond acceptors (Lipinski definition) is 2. The quantitative estimate of drug-likeness (QED) is 0.849. The molecule has 0 saturated carbocycles. The van der Waals surface area contributed by atoms with Gasteiger partial charge in [-0.1, -0.05) is 39.0 Å². The van der Waals surface area contributed by atoms with E-state index in [2.05, 4.69) is 15.5 Å². The average Bonchev–Trinajstić information content (AvgIpc) is 2.86. The minimum absolute atomic E-state index is 0.0705. The number of nitrogens with zero attached hydrogens (tertiary/aromatic N) is 1. The van der Waals surface area contributed by atoms with Crippen molar-refractivity contribution in [2.45, 2.75) is 26.2 Å². The van der Waals surface area contributed by atoms with Gasteiger partial charge in [-0.3, -0.25) is 9.89 Å². The SMILES string of the molecule is CC(C)(C)c1cc(NC(=O)/C=C/c2ccccc2F)n[nH]1. The first-order valence-electron chi connectivity index (χ1n) is 6.66. The van der Waals surface area contributed by atoms with Crippen LogP contribution in [0.1, 0.15) is 32.0 Å². The lowest BCUT2D eigenvalue weighted by Gasteiger charge is -2.14. The van der Waals surface area contributed by atoms with Crippen molar-refractivity contribution in [3.8, 4) is 0 Å². The van der Waals surface area contributed by atoms with E-state index in [0.29, 0.717) is 11.4 Å². The smallest absolute Gasteiger partial charge is 0.249 e. The Morgan fingerprint density at radius 2 is 2.05 bits per heavy atom. The molecule has 21 heavy (non-hydrogen) atoms. The average molecular weight is 287 g/mol. The number of anilines is 1. The van der Waals surface area contributed by atoms with E-state index < -0.39 is 0 Å². The number of carbonyl (C=O) groups excluding carboxylic acids is 1. The van der Waals surface area contributed by atoms with Crippen molar-refractivity contribution < 1.29 is 9.18 Å². The molecule has 1 amide bonds. The lowest BCUT2D eigenvalue weighted by atomic mass is 9.92. The molecule has 1 aromatic carbocycles. The first-order chi connectivity index (χ1) is 9.86. The van der Waals surface area contributed by atoms with Crippen molar-refractivity contribution in [2.24, 2.45) is 0 Å². The summed E-state index contributed by atoms with van der Waals surface area (Å²) >= 11 is 0. The van der Waals surface area contributed by atoms with Gasteiger partial charge in [-0.05, 0) is 12.1 Å². The molecule has 0 aliphatic heterocycles. The van der Waals surface area contributed by atoms with Gasteiger partial charge in [0.25, 0.3) is 0 Å². The van der Waals surface area contributed by atoms with Crippen LogP contribution in [-0.4, -0.2) is 16.1 Å². The van der Waals surface area contributed by atoms with Crippen LogP contribution in [-0.2, 0) is 10.2 Å². The Morgan fingerprint density at radius 1 is 1.33 bits per heavy atom. The van der Waals surface area contributed by atoms with Crippen LogP contribution in [0.25, 0.3) is 6.08 Å². The minimum Gasteiger partial charge on any atom is -0.306 e. The fourth-order valence-electron chi connectivity index (χ4n) is 1.71. The van der Waals surface area contributed by atoms with E-state index in [1.165, 1.54) is 18.2 Å². The molecular weight excluding hydrogens is 269 g/mol. The maximum Gasteiger partial charge on any atom is 0.249 e. The van der Waals surface area contributed by atoms with Gasteiger partial charge in [0, 0.05) is 28.8 Å². The first-order valence-corrected chi connectivity index (χ1v) is 6.66. The molecule has 1 aromatic heterocycles. The molecule has 2 rings (SSSR count). The Bertz CT molecular complexity index is 668. The van der Waals surface area contributed by atoms with Crippen LogP contribution in [0.15, 0.2) is 36.4 Å². The fourth-order valence-corrected chi connectivity index (χ4v) is 1.71. The van der Waals surface area contributed by atoms with Crippen LogP contribution >= 0.6 is 0 Å². The third-order valence-electron chi connectivity index (χ3n) is 2.96. The van der Waals surface area contributed by atoms with E-state index in [-0.39, 0.29) is 17.1 Å². The van der Waals surface area contributed by atoms with Gasteiger partial charge in [-0.25, -0.2) is 4.39 Å². The molecule has 0 saturated heterocycles. The van der Waals surface area contributed by atoms with Crippen LogP contribution in [0, 0.1) is 5.82 Å². The van der Waals surface area contributed by atoms with E-state index in [4.69, 9.17) is 0 Å². The molecule has 0 bridgehead atoms.